The second-order valence-corrected chi connectivity index (χ2v) is 5.64. The molecule has 1 aliphatic rings. The Balaban J connectivity index is 2.51. The van der Waals surface area contributed by atoms with Gasteiger partial charge in [-0.25, -0.2) is 0 Å². The molecule has 0 saturated carbocycles. The molecule has 86 valence electrons. The molecule has 0 saturated heterocycles. The highest BCUT2D eigenvalue weighted by Crippen LogP contribution is 2.44. The van der Waals surface area contributed by atoms with Gasteiger partial charge in [0.15, 0.2) is 0 Å². The third-order valence-corrected chi connectivity index (χ3v) is 3.55. The summed E-state index contributed by atoms with van der Waals surface area (Å²) in [5, 5.41) is 3.64. The summed E-state index contributed by atoms with van der Waals surface area (Å²) in [6, 6.07) is 8.46. The minimum absolute atomic E-state index is 0.0829. The smallest absolute Gasteiger partial charge is 0.0420 e. The summed E-state index contributed by atoms with van der Waals surface area (Å²) in [5.41, 5.74) is 3.85. The lowest BCUT2D eigenvalue weighted by molar-refractivity contribution is 0.332. The number of hydrogen-bond acceptors (Lipinski definition) is 1. The predicted molar refractivity (Wildman–Crippen MR) is 71.5 cm³/mol. The Bertz CT molecular complexity index is 415. The SMILES string of the molecule is C=C1c2ccccc2NC(C)(C)C1C(C)C. The fourth-order valence-electron chi connectivity index (χ4n) is 3.14. The van der Waals surface area contributed by atoms with Gasteiger partial charge in [0.1, 0.15) is 0 Å². The van der Waals surface area contributed by atoms with Crippen LogP contribution in [0.2, 0.25) is 0 Å². The molecule has 1 unspecified atom stereocenters. The van der Waals surface area contributed by atoms with Crippen LogP contribution in [-0.2, 0) is 0 Å². The second kappa shape index (κ2) is 3.65. The van der Waals surface area contributed by atoms with E-state index in [1.807, 2.05) is 0 Å². The summed E-state index contributed by atoms with van der Waals surface area (Å²) in [6.45, 7) is 13.4. The van der Waals surface area contributed by atoms with Crippen molar-refractivity contribution < 1.29 is 0 Å². The second-order valence-electron chi connectivity index (χ2n) is 5.64. The van der Waals surface area contributed by atoms with E-state index in [9.17, 15) is 0 Å². The van der Waals surface area contributed by atoms with Gasteiger partial charge in [0, 0.05) is 22.7 Å². The largest absolute Gasteiger partial charge is 0.379 e. The topological polar surface area (TPSA) is 12.0 Å². The van der Waals surface area contributed by atoms with E-state index in [0.29, 0.717) is 11.8 Å². The van der Waals surface area contributed by atoms with Gasteiger partial charge in [0.25, 0.3) is 0 Å². The van der Waals surface area contributed by atoms with Gasteiger partial charge in [-0.3, -0.25) is 0 Å². The minimum Gasteiger partial charge on any atom is -0.379 e. The summed E-state index contributed by atoms with van der Waals surface area (Å²) < 4.78 is 0. The highest BCUT2D eigenvalue weighted by Gasteiger charge is 2.38. The van der Waals surface area contributed by atoms with E-state index < -0.39 is 0 Å². The maximum Gasteiger partial charge on any atom is 0.0420 e. The zero-order chi connectivity index (χ0) is 11.9. The minimum atomic E-state index is 0.0829. The van der Waals surface area contributed by atoms with Crippen LogP contribution >= 0.6 is 0 Å². The highest BCUT2D eigenvalue weighted by atomic mass is 15.0. The molecule has 1 N–H and O–H groups in total. The lowest BCUT2D eigenvalue weighted by Gasteiger charge is -2.45. The van der Waals surface area contributed by atoms with E-state index in [-0.39, 0.29) is 5.54 Å². The molecule has 1 heteroatoms. The molecule has 1 aliphatic heterocycles. The fourth-order valence-corrected chi connectivity index (χ4v) is 3.14. The van der Waals surface area contributed by atoms with Crippen LogP contribution < -0.4 is 5.32 Å². The van der Waals surface area contributed by atoms with Gasteiger partial charge in [-0.1, -0.05) is 38.6 Å². The molecule has 16 heavy (non-hydrogen) atoms. The van der Waals surface area contributed by atoms with Crippen LogP contribution in [0.15, 0.2) is 30.8 Å². The molecule has 1 atom stereocenters. The summed E-state index contributed by atoms with van der Waals surface area (Å²) in [4.78, 5) is 0. The first-order chi connectivity index (χ1) is 7.43. The van der Waals surface area contributed by atoms with Crippen LogP contribution in [0.3, 0.4) is 0 Å². The number of hydrogen-bond donors (Lipinski definition) is 1. The van der Waals surface area contributed by atoms with E-state index in [0.717, 1.165) is 0 Å². The van der Waals surface area contributed by atoms with E-state index in [2.05, 4.69) is 63.9 Å². The molecule has 0 bridgehead atoms. The molecule has 0 radical (unpaired) electrons. The molecule has 0 aromatic heterocycles. The first-order valence-corrected chi connectivity index (χ1v) is 6.00. The number of rotatable bonds is 1. The Morgan fingerprint density at radius 3 is 2.50 bits per heavy atom. The maximum absolute atomic E-state index is 4.31. The van der Waals surface area contributed by atoms with Gasteiger partial charge in [-0.15, -0.1) is 0 Å². The maximum atomic E-state index is 4.31. The summed E-state index contributed by atoms with van der Waals surface area (Å²) in [5.74, 6) is 1.09. The van der Waals surface area contributed by atoms with Crippen LogP contribution in [0, 0.1) is 11.8 Å². The van der Waals surface area contributed by atoms with Gasteiger partial charge in [0.2, 0.25) is 0 Å². The molecule has 0 spiro atoms. The van der Waals surface area contributed by atoms with Crippen molar-refractivity contribution in [1.82, 2.24) is 0 Å². The van der Waals surface area contributed by atoms with Crippen LogP contribution in [0.1, 0.15) is 33.3 Å². The monoisotopic (exact) mass is 215 g/mol. The Morgan fingerprint density at radius 1 is 1.25 bits per heavy atom. The molecule has 2 rings (SSSR count). The third-order valence-electron chi connectivity index (χ3n) is 3.55. The Morgan fingerprint density at radius 2 is 1.88 bits per heavy atom. The quantitative estimate of drug-likeness (QED) is 0.741. The average molecular weight is 215 g/mol. The normalized spacial score (nSPS) is 22.8. The Labute approximate surface area is 98.6 Å². The van der Waals surface area contributed by atoms with Crippen molar-refractivity contribution in [2.75, 3.05) is 5.32 Å². The predicted octanol–water partition coefficient (Wildman–Crippen LogP) is 4.18. The summed E-state index contributed by atoms with van der Waals surface area (Å²) in [7, 11) is 0. The number of para-hydroxylation sites is 1. The summed E-state index contributed by atoms with van der Waals surface area (Å²) in [6.07, 6.45) is 0. The zero-order valence-corrected chi connectivity index (χ0v) is 10.7. The average Bonchev–Trinajstić information content (AvgIpc) is 2.15. The number of fused-ring (bicyclic) bond motifs is 1. The first kappa shape index (κ1) is 11.3. The molecule has 1 nitrogen and oxygen atoms in total. The third kappa shape index (κ3) is 1.64. The van der Waals surface area contributed by atoms with E-state index in [4.69, 9.17) is 0 Å². The van der Waals surface area contributed by atoms with Crippen LogP contribution in [0.25, 0.3) is 5.57 Å². The van der Waals surface area contributed by atoms with Gasteiger partial charge in [-0.2, -0.15) is 0 Å². The molecule has 1 aromatic carbocycles. The fraction of sp³-hybridized carbons (Fsp3) is 0.467. The molecular formula is C15H21N. The molecular weight excluding hydrogens is 194 g/mol. The van der Waals surface area contributed by atoms with Crippen molar-refractivity contribution in [3.05, 3.63) is 36.4 Å². The lowest BCUT2D eigenvalue weighted by atomic mass is 9.70. The molecule has 1 heterocycles. The van der Waals surface area contributed by atoms with Crippen molar-refractivity contribution in [1.29, 1.82) is 0 Å². The van der Waals surface area contributed by atoms with Crippen LogP contribution in [0.4, 0.5) is 5.69 Å². The van der Waals surface area contributed by atoms with Crippen molar-refractivity contribution in [3.8, 4) is 0 Å². The van der Waals surface area contributed by atoms with E-state index in [1.165, 1.54) is 16.8 Å². The van der Waals surface area contributed by atoms with Crippen molar-refractivity contribution >= 4 is 11.3 Å². The highest BCUT2D eigenvalue weighted by molar-refractivity contribution is 5.80. The summed E-state index contributed by atoms with van der Waals surface area (Å²) >= 11 is 0. The number of nitrogens with one attached hydrogen (secondary N) is 1. The van der Waals surface area contributed by atoms with Crippen molar-refractivity contribution in [2.24, 2.45) is 11.8 Å². The van der Waals surface area contributed by atoms with Crippen molar-refractivity contribution in [3.63, 3.8) is 0 Å². The molecule has 0 amide bonds. The first-order valence-electron chi connectivity index (χ1n) is 6.00. The Hall–Kier alpha value is -1.24. The Kier molecular flexibility index (Phi) is 2.57. The molecule has 0 aliphatic carbocycles. The van der Waals surface area contributed by atoms with Crippen LogP contribution in [-0.4, -0.2) is 5.54 Å². The standard InChI is InChI=1S/C15H21N/c1-10(2)14-11(3)12-8-6-7-9-13(12)16-15(14,4)5/h6-10,14,16H,3H2,1-2,4-5H3. The number of benzene rings is 1. The number of anilines is 1. The van der Waals surface area contributed by atoms with Crippen LogP contribution in [0.5, 0.6) is 0 Å². The van der Waals surface area contributed by atoms with Crippen molar-refractivity contribution in [2.45, 2.75) is 33.2 Å². The van der Waals surface area contributed by atoms with Gasteiger partial charge in [-0.05, 0) is 31.4 Å². The molecule has 0 fully saturated rings. The van der Waals surface area contributed by atoms with E-state index in [1.54, 1.807) is 0 Å². The molecule has 1 aromatic rings. The van der Waals surface area contributed by atoms with Gasteiger partial charge in [0.05, 0.1) is 0 Å². The van der Waals surface area contributed by atoms with Gasteiger partial charge >= 0.3 is 0 Å². The lowest BCUT2D eigenvalue weighted by Crippen LogP contribution is -2.45. The van der Waals surface area contributed by atoms with Gasteiger partial charge < -0.3 is 5.32 Å². The zero-order valence-electron chi connectivity index (χ0n) is 10.7. The van der Waals surface area contributed by atoms with E-state index >= 15 is 0 Å².